The molecule has 8 heteroatoms. The van der Waals surface area contributed by atoms with Gasteiger partial charge < -0.3 is 5.32 Å². The Hall–Kier alpha value is -2.29. The molecule has 31 heavy (non-hydrogen) atoms. The molecule has 0 bridgehead atoms. The van der Waals surface area contributed by atoms with Gasteiger partial charge in [0.1, 0.15) is 0 Å². The quantitative estimate of drug-likeness (QED) is 0.398. The van der Waals surface area contributed by atoms with Gasteiger partial charge >= 0.3 is 0 Å². The van der Waals surface area contributed by atoms with Crippen LogP contribution in [0.1, 0.15) is 16.7 Å². The highest BCUT2D eigenvalue weighted by Crippen LogP contribution is 2.21. The van der Waals surface area contributed by atoms with Crippen molar-refractivity contribution in [3.63, 3.8) is 0 Å². The highest BCUT2D eigenvalue weighted by atomic mass is 79.9. The smallest absolute Gasteiger partial charge is 0.261 e. The zero-order chi connectivity index (χ0) is 22.4. The van der Waals surface area contributed by atoms with Crippen LogP contribution in [0, 0.1) is 13.8 Å². The molecule has 3 rings (SSSR count). The molecule has 3 aromatic carbocycles. The van der Waals surface area contributed by atoms with Gasteiger partial charge in [0.15, 0.2) is 0 Å². The van der Waals surface area contributed by atoms with E-state index in [0.29, 0.717) is 17.1 Å². The van der Waals surface area contributed by atoms with Crippen LogP contribution >= 0.6 is 27.7 Å². The Labute approximate surface area is 195 Å². The van der Waals surface area contributed by atoms with E-state index >= 15 is 0 Å². The van der Waals surface area contributed by atoms with Crippen LogP contribution in [0.25, 0.3) is 0 Å². The van der Waals surface area contributed by atoms with Gasteiger partial charge in [-0.2, -0.15) is 0 Å². The minimum absolute atomic E-state index is 0.123. The van der Waals surface area contributed by atoms with E-state index in [4.69, 9.17) is 0 Å². The van der Waals surface area contributed by atoms with Crippen LogP contribution in [0.15, 0.2) is 76.1 Å². The minimum atomic E-state index is -3.71. The van der Waals surface area contributed by atoms with Gasteiger partial charge in [0.2, 0.25) is 5.91 Å². The van der Waals surface area contributed by atoms with Crippen LogP contribution in [0.4, 0.5) is 11.4 Å². The van der Waals surface area contributed by atoms with Gasteiger partial charge in [0.25, 0.3) is 10.0 Å². The van der Waals surface area contributed by atoms with Crippen molar-refractivity contribution < 1.29 is 13.2 Å². The Morgan fingerprint density at radius 2 is 1.48 bits per heavy atom. The van der Waals surface area contributed by atoms with Crippen molar-refractivity contribution in [2.75, 3.05) is 15.8 Å². The lowest BCUT2D eigenvalue weighted by Gasteiger charge is -2.10. The number of carbonyl (C=O) groups is 1. The molecule has 162 valence electrons. The summed E-state index contributed by atoms with van der Waals surface area (Å²) in [6, 6.07) is 19.4. The third-order valence-electron chi connectivity index (χ3n) is 4.33. The summed E-state index contributed by atoms with van der Waals surface area (Å²) in [5.74, 6) is 0.950. The lowest BCUT2D eigenvalue weighted by molar-refractivity contribution is -0.113. The van der Waals surface area contributed by atoms with E-state index in [0.717, 1.165) is 10.2 Å². The Kier molecular flexibility index (Phi) is 7.80. The number of carbonyl (C=O) groups excluding carboxylic acids is 1. The largest absolute Gasteiger partial charge is 0.325 e. The Bertz CT molecular complexity index is 1140. The maximum absolute atomic E-state index is 12.5. The van der Waals surface area contributed by atoms with E-state index in [9.17, 15) is 13.2 Å². The molecular formula is C23H23BrN2O3S2. The third-order valence-corrected chi connectivity index (χ3v) is 7.26. The van der Waals surface area contributed by atoms with E-state index in [1.54, 1.807) is 36.4 Å². The molecule has 0 aliphatic heterocycles. The fourth-order valence-electron chi connectivity index (χ4n) is 3.06. The lowest BCUT2D eigenvalue weighted by Crippen LogP contribution is -2.15. The number of rotatable bonds is 8. The predicted octanol–water partition coefficient (Wildman–Crippen LogP) is 5.74. The maximum Gasteiger partial charge on any atom is 0.261 e. The summed E-state index contributed by atoms with van der Waals surface area (Å²) in [6.07, 6.45) is 0. The summed E-state index contributed by atoms with van der Waals surface area (Å²) in [7, 11) is -3.71. The first-order valence-corrected chi connectivity index (χ1v) is 13.0. The average molecular weight is 519 g/mol. The molecular weight excluding hydrogens is 496 g/mol. The molecule has 0 unspecified atom stereocenters. The molecule has 2 N–H and O–H groups in total. The Morgan fingerprint density at radius 3 is 2.10 bits per heavy atom. The number of hydrogen-bond donors (Lipinski definition) is 2. The second-order valence-corrected chi connectivity index (χ2v) is 10.8. The second kappa shape index (κ2) is 10.3. The molecule has 0 atom stereocenters. The van der Waals surface area contributed by atoms with Gasteiger partial charge in [-0.15, -0.1) is 11.8 Å². The number of thioether (sulfide) groups is 1. The van der Waals surface area contributed by atoms with E-state index < -0.39 is 10.0 Å². The number of halogens is 1. The van der Waals surface area contributed by atoms with Crippen LogP contribution in [-0.4, -0.2) is 20.1 Å². The number of anilines is 2. The Morgan fingerprint density at radius 1 is 0.903 bits per heavy atom. The number of aryl methyl sites for hydroxylation is 2. The minimum Gasteiger partial charge on any atom is -0.325 e. The van der Waals surface area contributed by atoms with Gasteiger partial charge in [-0.1, -0.05) is 45.3 Å². The first-order chi connectivity index (χ1) is 14.7. The molecule has 0 radical (unpaired) electrons. The zero-order valence-electron chi connectivity index (χ0n) is 17.2. The second-order valence-electron chi connectivity index (χ2n) is 7.17. The summed E-state index contributed by atoms with van der Waals surface area (Å²) in [6.45, 7) is 4.12. The third kappa shape index (κ3) is 7.12. The van der Waals surface area contributed by atoms with Crippen molar-refractivity contribution in [1.82, 2.24) is 0 Å². The first kappa shape index (κ1) is 23.4. The standard InChI is InChI=1S/C23H23BrN2O3S2/c1-16-11-17(2)13-18(12-16)14-30-15-23(27)25-20-7-9-22(10-8-20)31(28,29)26-21-5-3-19(24)4-6-21/h3-13,26H,14-15H2,1-2H3,(H,25,27). The van der Waals surface area contributed by atoms with Gasteiger partial charge in [-0.25, -0.2) is 8.42 Å². The summed E-state index contributed by atoms with van der Waals surface area (Å²) < 4.78 is 28.5. The average Bonchev–Trinajstić information content (AvgIpc) is 2.69. The summed E-state index contributed by atoms with van der Waals surface area (Å²) in [4.78, 5) is 12.3. The van der Waals surface area contributed by atoms with Crippen molar-refractivity contribution in [2.45, 2.75) is 24.5 Å². The van der Waals surface area contributed by atoms with Crippen LogP contribution < -0.4 is 10.0 Å². The molecule has 5 nitrogen and oxygen atoms in total. The van der Waals surface area contributed by atoms with Gasteiger partial charge in [-0.3, -0.25) is 9.52 Å². The molecule has 1 amide bonds. The molecule has 3 aromatic rings. The lowest BCUT2D eigenvalue weighted by atomic mass is 10.1. The molecule has 0 saturated carbocycles. The van der Waals surface area contributed by atoms with Crippen LogP contribution in [-0.2, 0) is 20.6 Å². The van der Waals surface area contributed by atoms with Crippen molar-refractivity contribution in [3.05, 3.63) is 87.9 Å². The van der Waals surface area contributed by atoms with Crippen molar-refractivity contribution in [3.8, 4) is 0 Å². The highest BCUT2D eigenvalue weighted by Gasteiger charge is 2.14. The van der Waals surface area contributed by atoms with Crippen molar-refractivity contribution in [1.29, 1.82) is 0 Å². The fourth-order valence-corrected chi connectivity index (χ4v) is 5.15. The molecule has 0 saturated heterocycles. The first-order valence-electron chi connectivity index (χ1n) is 9.54. The number of sulfonamides is 1. The molecule has 0 spiro atoms. The molecule has 0 fully saturated rings. The van der Waals surface area contributed by atoms with Gasteiger partial charge in [-0.05, 0) is 67.9 Å². The zero-order valence-corrected chi connectivity index (χ0v) is 20.4. The molecule has 0 aromatic heterocycles. The topological polar surface area (TPSA) is 75.3 Å². The van der Waals surface area contributed by atoms with Crippen LogP contribution in [0.2, 0.25) is 0 Å². The highest BCUT2D eigenvalue weighted by molar-refractivity contribution is 9.10. The number of amides is 1. The number of hydrogen-bond acceptors (Lipinski definition) is 4. The molecule has 0 aliphatic rings. The molecule has 0 aliphatic carbocycles. The van der Waals surface area contributed by atoms with E-state index in [1.807, 2.05) is 0 Å². The predicted molar refractivity (Wildman–Crippen MR) is 132 cm³/mol. The number of benzene rings is 3. The molecule has 0 heterocycles. The van der Waals surface area contributed by atoms with Gasteiger partial charge in [0.05, 0.1) is 10.6 Å². The Balaban J connectivity index is 1.53. The van der Waals surface area contributed by atoms with E-state index in [2.05, 4.69) is 58.0 Å². The maximum atomic E-state index is 12.5. The van der Waals surface area contributed by atoms with Gasteiger partial charge in [0, 0.05) is 21.6 Å². The summed E-state index contributed by atoms with van der Waals surface area (Å²) in [5.41, 5.74) is 4.65. The van der Waals surface area contributed by atoms with E-state index in [-0.39, 0.29) is 10.8 Å². The monoisotopic (exact) mass is 518 g/mol. The van der Waals surface area contributed by atoms with Crippen molar-refractivity contribution >= 4 is 55.0 Å². The summed E-state index contributed by atoms with van der Waals surface area (Å²) >= 11 is 4.86. The normalized spacial score (nSPS) is 11.2. The number of nitrogens with one attached hydrogen (secondary N) is 2. The SMILES string of the molecule is Cc1cc(C)cc(CSCC(=O)Nc2ccc(S(=O)(=O)Nc3ccc(Br)cc3)cc2)c1. The van der Waals surface area contributed by atoms with Crippen LogP contribution in [0.5, 0.6) is 0 Å². The van der Waals surface area contributed by atoms with Crippen molar-refractivity contribution in [2.24, 2.45) is 0 Å². The summed E-state index contributed by atoms with van der Waals surface area (Å²) in [5, 5.41) is 2.81. The van der Waals surface area contributed by atoms with E-state index in [1.165, 1.54) is 40.6 Å². The van der Waals surface area contributed by atoms with Crippen LogP contribution in [0.3, 0.4) is 0 Å². The fraction of sp³-hybridized carbons (Fsp3) is 0.174.